The van der Waals surface area contributed by atoms with Gasteiger partial charge in [0, 0.05) is 24.4 Å². The number of benzene rings is 1. The molecule has 2 aromatic rings. The van der Waals surface area contributed by atoms with Gasteiger partial charge in [-0.1, -0.05) is 31.3 Å². The van der Waals surface area contributed by atoms with Crippen LogP contribution in [-0.2, 0) is 4.79 Å². The molecule has 0 aliphatic carbocycles. The minimum Gasteiger partial charge on any atom is -0.497 e. The summed E-state index contributed by atoms with van der Waals surface area (Å²) in [4.78, 5) is 24.1. The van der Waals surface area contributed by atoms with E-state index in [2.05, 4.69) is 34.7 Å². The molecule has 7 nitrogen and oxygen atoms in total. The van der Waals surface area contributed by atoms with E-state index in [0.717, 1.165) is 17.8 Å². The molecular weight excluding hydrogens is 352 g/mol. The number of methoxy groups -OCH3 is 1. The number of hydrogen-bond acceptors (Lipinski definition) is 6. The lowest BCUT2D eigenvalue weighted by molar-refractivity contribution is -0.116. The van der Waals surface area contributed by atoms with Crippen molar-refractivity contribution in [3.8, 4) is 5.75 Å². The van der Waals surface area contributed by atoms with E-state index in [-0.39, 0.29) is 24.8 Å². The fraction of sp³-hybridized carbons (Fsp3) is 0.444. The van der Waals surface area contributed by atoms with Crippen LogP contribution in [0.5, 0.6) is 5.75 Å². The Balaban J connectivity index is 1.79. The zero-order valence-electron chi connectivity index (χ0n) is 15.2. The van der Waals surface area contributed by atoms with Crippen molar-refractivity contribution in [3.05, 3.63) is 34.8 Å². The average Bonchev–Trinajstić information content (AvgIpc) is 3.10. The van der Waals surface area contributed by atoms with E-state index in [9.17, 15) is 9.59 Å². The van der Waals surface area contributed by atoms with E-state index in [1.165, 1.54) is 11.3 Å². The summed E-state index contributed by atoms with van der Waals surface area (Å²) in [5.41, 5.74) is 0.490. The number of nitrogens with zero attached hydrogens (tertiary/aromatic N) is 2. The van der Waals surface area contributed by atoms with Gasteiger partial charge in [-0.05, 0) is 31.0 Å². The summed E-state index contributed by atoms with van der Waals surface area (Å²) in [7, 11) is 1.55. The maximum atomic E-state index is 12.1. The third-order valence-electron chi connectivity index (χ3n) is 3.99. The molecule has 0 saturated carbocycles. The summed E-state index contributed by atoms with van der Waals surface area (Å²) in [6, 6.07) is 6.85. The van der Waals surface area contributed by atoms with Gasteiger partial charge in [0.2, 0.25) is 11.0 Å². The topological polar surface area (TPSA) is 93.2 Å². The molecule has 0 aliphatic heterocycles. The number of nitrogens with one attached hydrogen (secondary N) is 2. The average molecular weight is 376 g/mol. The summed E-state index contributed by atoms with van der Waals surface area (Å²) in [6.45, 7) is 4.46. The Labute approximate surface area is 157 Å². The lowest BCUT2D eigenvalue weighted by Gasteiger charge is -2.07. The van der Waals surface area contributed by atoms with Crippen molar-refractivity contribution in [1.29, 1.82) is 0 Å². The highest BCUT2D eigenvalue weighted by Gasteiger charge is 2.14. The predicted octanol–water partition coefficient (Wildman–Crippen LogP) is 3.21. The first-order valence-electron chi connectivity index (χ1n) is 8.62. The first-order valence-corrected chi connectivity index (χ1v) is 9.44. The number of ether oxygens (including phenoxy) is 1. The lowest BCUT2D eigenvalue weighted by Crippen LogP contribution is -2.27. The van der Waals surface area contributed by atoms with Gasteiger partial charge < -0.3 is 15.4 Å². The van der Waals surface area contributed by atoms with E-state index in [0.29, 0.717) is 22.4 Å². The van der Waals surface area contributed by atoms with Gasteiger partial charge in [-0.2, -0.15) is 0 Å². The minimum atomic E-state index is -0.247. The molecule has 26 heavy (non-hydrogen) atoms. The van der Waals surface area contributed by atoms with E-state index >= 15 is 0 Å². The maximum Gasteiger partial charge on any atom is 0.251 e. The predicted molar refractivity (Wildman–Crippen MR) is 102 cm³/mol. The second kappa shape index (κ2) is 9.86. The van der Waals surface area contributed by atoms with Gasteiger partial charge in [0.1, 0.15) is 10.8 Å². The third-order valence-corrected chi connectivity index (χ3v) is 4.99. The Morgan fingerprint density at radius 1 is 1.23 bits per heavy atom. The Bertz CT molecular complexity index is 744. The summed E-state index contributed by atoms with van der Waals surface area (Å²) < 4.78 is 5.09. The van der Waals surface area contributed by atoms with Gasteiger partial charge in [-0.15, -0.1) is 10.2 Å². The number of rotatable bonds is 9. The van der Waals surface area contributed by atoms with Crippen LogP contribution >= 0.6 is 11.3 Å². The summed E-state index contributed by atoms with van der Waals surface area (Å²) in [5.74, 6) is 0.534. The quantitative estimate of drug-likeness (QED) is 0.701. The van der Waals surface area contributed by atoms with Gasteiger partial charge in [-0.3, -0.25) is 9.59 Å². The van der Waals surface area contributed by atoms with Gasteiger partial charge >= 0.3 is 0 Å². The van der Waals surface area contributed by atoms with E-state index in [4.69, 9.17) is 4.74 Å². The van der Waals surface area contributed by atoms with Crippen molar-refractivity contribution in [2.45, 2.75) is 39.0 Å². The molecule has 2 N–H and O–H groups in total. The molecule has 0 spiro atoms. The number of hydrogen-bond donors (Lipinski definition) is 2. The van der Waals surface area contributed by atoms with Gasteiger partial charge in [0.05, 0.1) is 7.11 Å². The molecule has 0 radical (unpaired) electrons. The molecule has 2 rings (SSSR count). The molecule has 0 fully saturated rings. The van der Waals surface area contributed by atoms with Crippen LogP contribution in [0.1, 0.15) is 54.4 Å². The highest BCUT2D eigenvalue weighted by molar-refractivity contribution is 7.15. The lowest BCUT2D eigenvalue weighted by atomic mass is 10.1. The standard InChI is InChI=1S/C18H24N4O3S/c1-4-12(5-2)17-21-22-18(26-17)20-15(23)9-10-19-16(24)13-7-6-8-14(11-13)25-3/h6-8,11-12H,4-5,9-10H2,1-3H3,(H,19,24)(H,20,22,23). The van der Waals surface area contributed by atoms with Gasteiger partial charge in [-0.25, -0.2) is 0 Å². The highest BCUT2D eigenvalue weighted by Crippen LogP contribution is 2.28. The smallest absolute Gasteiger partial charge is 0.251 e. The number of aromatic nitrogens is 2. The first kappa shape index (κ1) is 19.8. The zero-order valence-corrected chi connectivity index (χ0v) is 16.1. The fourth-order valence-corrected chi connectivity index (χ4v) is 3.45. The van der Waals surface area contributed by atoms with E-state index in [1.54, 1.807) is 31.4 Å². The van der Waals surface area contributed by atoms with Crippen molar-refractivity contribution in [2.75, 3.05) is 19.0 Å². The van der Waals surface area contributed by atoms with Crippen molar-refractivity contribution in [2.24, 2.45) is 0 Å². The normalized spacial score (nSPS) is 10.6. The van der Waals surface area contributed by atoms with Crippen LogP contribution in [0.15, 0.2) is 24.3 Å². The van der Waals surface area contributed by atoms with Crippen LogP contribution in [0.4, 0.5) is 5.13 Å². The molecule has 1 aromatic carbocycles. The Morgan fingerprint density at radius 3 is 2.69 bits per heavy atom. The van der Waals surface area contributed by atoms with E-state index < -0.39 is 0 Å². The summed E-state index contributed by atoms with van der Waals surface area (Å²) in [6.07, 6.45) is 2.15. The van der Waals surface area contributed by atoms with E-state index in [1.807, 2.05) is 0 Å². The first-order chi connectivity index (χ1) is 12.6. The fourth-order valence-electron chi connectivity index (χ4n) is 2.43. The molecule has 8 heteroatoms. The molecule has 0 bridgehead atoms. The van der Waals surface area contributed by atoms with Crippen molar-refractivity contribution >= 4 is 28.3 Å². The Kier molecular flexibility index (Phi) is 7.53. The molecule has 0 unspecified atom stereocenters. The van der Waals surface area contributed by atoms with Crippen LogP contribution in [-0.4, -0.2) is 35.7 Å². The molecule has 0 saturated heterocycles. The minimum absolute atomic E-state index is 0.162. The third kappa shape index (κ3) is 5.52. The number of amides is 2. The molecule has 140 valence electrons. The SMILES string of the molecule is CCC(CC)c1nnc(NC(=O)CCNC(=O)c2cccc(OC)c2)s1. The maximum absolute atomic E-state index is 12.1. The second-order valence-electron chi connectivity index (χ2n) is 5.74. The molecular formula is C18H24N4O3S. The monoisotopic (exact) mass is 376 g/mol. The molecule has 1 heterocycles. The van der Waals surface area contributed by atoms with Crippen LogP contribution in [0.2, 0.25) is 0 Å². The molecule has 0 atom stereocenters. The van der Waals surface area contributed by atoms with Crippen LogP contribution in [0, 0.1) is 0 Å². The Morgan fingerprint density at radius 2 is 2.00 bits per heavy atom. The largest absolute Gasteiger partial charge is 0.497 e. The summed E-state index contributed by atoms with van der Waals surface area (Å²) >= 11 is 1.40. The second-order valence-corrected chi connectivity index (χ2v) is 6.75. The number of anilines is 1. The van der Waals surface area contributed by atoms with Crippen LogP contribution in [0.25, 0.3) is 0 Å². The number of carbonyl (C=O) groups is 2. The molecule has 0 aliphatic rings. The van der Waals surface area contributed by atoms with Crippen molar-refractivity contribution in [3.63, 3.8) is 0 Å². The van der Waals surface area contributed by atoms with Crippen molar-refractivity contribution < 1.29 is 14.3 Å². The zero-order chi connectivity index (χ0) is 18.9. The summed E-state index contributed by atoms with van der Waals surface area (Å²) in [5, 5.41) is 15.1. The Hall–Kier alpha value is -2.48. The van der Waals surface area contributed by atoms with Crippen LogP contribution in [0.3, 0.4) is 0 Å². The molecule has 2 amide bonds. The van der Waals surface area contributed by atoms with Gasteiger partial charge in [0.15, 0.2) is 0 Å². The van der Waals surface area contributed by atoms with Crippen LogP contribution < -0.4 is 15.4 Å². The van der Waals surface area contributed by atoms with Gasteiger partial charge in [0.25, 0.3) is 5.91 Å². The highest BCUT2D eigenvalue weighted by atomic mass is 32.1. The van der Waals surface area contributed by atoms with Crippen molar-refractivity contribution in [1.82, 2.24) is 15.5 Å². The molecule has 1 aromatic heterocycles. The number of carbonyl (C=O) groups excluding carboxylic acids is 2.